The van der Waals surface area contributed by atoms with Crippen LogP contribution in [0.1, 0.15) is 115 Å². The molecule has 27 heavy (non-hydrogen) atoms. The van der Waals surface area contributed by atoms with Crippen molar-refractivity contribution < 1.29 is 0 Å². The fraction of sp³-hybridized carbons (Fsp3) is 0.704. The Balaban J connectivity index is 1.73. The highest BCUT2D eigenvalue weighted by atomic mass is 14.3. The Bertz CT molecular complexity index is 521. The van der Waals surface area contributed by atoms with E-state index in [9.17, 15) is 0 Å². The molecule has 0 radical (unpaired) electrons. The van der Waals surface area contributed by atoms with Gasteiger partial charge in [-0.3, -0.25) is 0 Å². The highest BCUT2D eigenvalue weighted by Gasteiger charge is 2.20. The number of allylic oxidation sites excluding steroid dienone is 2. The summed E-state index contributed by atoms with van der Waals surface area (Å²) in [6.07, 6.45) is 21.7. The van der Waals surface area contributed by atoms with Gasteiger partial charge in [0.2, 0.25) is 0 Å². The monoisotopic (exact) mass is 368 g/mol. The van der Waals surface area contributed by atoms with Crippen molar-refractivity contribution in [1.29, 1.82) is 0 Å². The SMILES string of the molecule is CCCCCCCCc1ccc(C2=CCC(C(C)CCCCC)CC2)cc1. The average Bonchev–Trinajstić information content (AvgIpc) is 2.71. The van der Waals surface area contributed by atoms with Gasteiger partial charge in [-0.1, -0.05) is 109 Å². The fourth-order valence-corrected chi connectivity index (χ4v) is 4.58. The predicted molar refractivity (Wildman–Crippen MR) is 122 cm³/mol. The minimum atomic E-state index is 0.897. The Morgan fingerprint density at radius 2 is 1.52 bits per heavy atom. The second-order valence-corrected chi connectivity index (χ2v) is 8.95. The minimum Gasteiger partial charge on any atom is -0.0804 e. The molecule has 1 aliphatic carbocycles. The van der Waals surface area contributed by atoms with Crippen LogP contribution in [-0.4, -0.2) is 0 Å². The molecule has 1 aliphatic rings. The summed E-state index contributed by atoms with van der Waals surface area (Å²) in [6.45, 7) is 7.08. The Kier molecular flexibility index (Phi) is 10.9. The minimum absolute atomic E-state index is 0.897. The Morgan fingerprint density at radius 1 is 0.852 bits per heavy atom. The van der Waals surface area contributed by atoms with E-state index in [1.807, 2.05) is 0 Å². The lowest BCUT2D eigenvalue weighted by atomic mass is 9.78. The van der Waals surface area contributed by atoms with E-state index in [0.717, 1.165) is 11.8 Å². The molecule has 0 saturated heterocycles. The number of hydrogen-bond donors (Lipinski definition) is 0. The van der Waals surface area contributed by atoms with E-state index in [0.29, 0.717) is 0 Å². The molecule has 0 bridgehead atoms. The molecule has 1 aromatic carbocycles. The van der Waals surface area contributed by atoms with Gasteiger partial charge < -0.3 is 0 Å². The molecule has 2 atom stereocenters. The van der Waals surface area contributed by atoms with Crippen LogP contribution in [-0.2, 0) is 6.42 Å². The van der Waals surface area contributed by atoms with Gasteiger partial charge in [0, 0.05) is 0 Å². The van der Waals surface area contributed by atoms with E-state index < -0.39 is 0 Å². The smallest absolute Gasteiger partial charge is 0.0228 e. The van der Waals surface area contributed by atoms with Gasteiger partial charge >= 0.3 is 0 Å². The van der Waals surface area contributed by atoms with E-state index in [-0.39, 0.29) is 0 Å². The van der Waals surface area contributed by atoms with Crippen LogP contribution in [0.3, 0.4) is 0 Å². The molecule has 0 fully saturated rings. The zero-order valence-electron chi connectivity index (χ0n) is 18.4. The molecule has 0 heteroatoms. The molecule has 0 saturated carbocycles. The third kappa shape index (κ3) is 8.24. The molecule has 0 nitrogen and oxygen atoms in total. The van der Waals surface area contributed by atoms with E-state index in [4.69, 9.17) is 0 Å². The topological polar surface area (TPSA) is 0 Å². The van der Waals surface area contributed by atoms with Crippen molar-refractivity contribution in [2.75, 3.05) is 0 Å². The first-order valence-electron chi connectivity index (χ1n) is 12.0. The zero-order chi connectivity index (χ0) is 19.3. The molecule has 0 aliphatic heterocycles. The van der Waals surface area contributed by atoms with E-state index in [2.05, 4.69) is 51.1 Å². The van der Waals surface area contributed by atoms with E-state index in [1.54, 1.807) is 5.57 Å². The van der Waals surface area contributed by atoms with Crippen LogP contribution >= 0.6 is 0 Å². The van der Waals surface area contributed by atoms with Gasteiger partial charge in [0.15, 0.2) is 0 Å². The van der Waals surface area contributed by atoms with Crippen LogP contribution in [0.15, 0.2) is 30.3 Å². The van der Waals surface area contributed by atoms with Crippen molar-refractivity contribution in [1.82, 2.24) is 0 Å². The molecular weight excluding hydrogens is 324 g/mol. The number of unbranched alkanes of at least 4 members (excludes halogenated alkanes) is 7. The summed E-state index contributed by atoms with van der Waals surface area (Å²) in [6, 6.07) is 9.51. The van der Waals surface area contributed by atoms with Crippen molar-refractivity contribution in [2.45, 2.75) is 111 Å². The first-order valence-corrected chi connectivity index (χ1v) is 12.0. The normalized spacial score (nSPS) is 18.3. The Morgan fingerprint density at radius 3 is 2.19 bits per heavy atom. The first-order chi connectivity index (χ1) is 13.2. The molecule has 1 aromatic rings. The lowest BCUT2D eigenvalue weighted by Crippen LogP contribution is -2.14. The highest BCUT2D eigenvalue weighted by Crippen LogP contribution is 2.35. The predicted octanol–water partition coefficient (Wildman–Crippen LogP) is 8.99. The average molecular weight is 369 g/mol. The quantitative estimate of drug-likeness (QED) is 0.305. The van der Waals surface area contributed by atoms with Crippen molar-refractivity contribution in [3.8, 4) is 0 Å². The maximum absolute atomic E-state index is 2.55. The second-order valence-electron chi connectivity index (χ2n) is 8.95. The largest absolute Gasteiger partial charge is 0.0804 e. The van der Waals surface area contributed by atoms with Crippen LogP contribution in [0.4, 0.5) is 0 Å². The summed E-state index contributed by atoms with van der Waals surface area (Å²) >= 11 is 0. The third-order valence-corrected chi connectivity index (χ3v) is 6.66. The Labute approximate surface area is 169 Å². The van der Waals surface area contributed by atoms with Gasteiger partial charge in [-0.2, -0.15) is 0 Å². The van der Waals surface area contributed by atoms with Crippen LogP contribution in [0, 0.1) is 11.8 Å². The van der Waals surface area contributed by atoms with Gasteiger partial charge in [-0.25, -0.2) is 0 Å². The van der Waals surface area contributed by atoms with Crippen LogP contribution in [0.25, 0.3) is 5.57 Å². The molecule has 0 spiro atoms. The number of benzene rings is 1. The molecule has 152 valence electrons. The van der Waals surface area contributed by atoms with Crippen molar-refractivity contribution in [3.05, 3.63) is 41.5 Å². The highest BCUT2D eigenvalue weighted by molar-refractivity contribution is 5.66. The lowest BCUT2D eigenvalue weighted by molar-refractivity contribution is 0.308. The van der Waals surface area contributed by atoms with E-state index >= 15 is 0 Å². The lowest BCUT2D eigenvalue weighted by Gasteiger charge is -2.27. The number of rotatable bonds is 13. The number of aryl methyl sites for hydroxylation is 1. The maximum Gasteiger partial charge on any atom is -0.0228 e. The molecule has 2 unspecified atom stereocenters. The molecule has 0 N–H and O–H groups in total. The van der Waals surface area contributed by atoms with Gasteiger partial charge in [0.25, 0.3) is 0 Å². The second kappa shape index (κ2) is 13.2. The summed E-state index contributed by atoms with van der Waals surface area (Å²) in [7, 11) is 0. The summed E-state index contributed by atoms with van der Waals surface area (Å²) in [5.41, 5.74) is 4.59. The standard InChI is InChI=1S/C27H44/c1-4-6-8-9-10-12-14-24-15-17-26(18-16-24)27-21-19-25(20-22-27)23(3)13-11-7-5-2/h15-18,21,23,25H,4-14,19-20,22H2,1-3H3. The van der Waals surface area contributed by atoms with Gasteiger partial charge in [0.1, 0.15) is 0 Å². The molecule has 0 amide bonds. The summed E-state index contributed by atoms with van der Waals surface area (Å²) in [5.74, 6) is 1.81. The summed E-state index contributed by atoms with van der Waals surface area (Å²) in [4.78, 5) is 0. The fourth-order valence-electron chi connectivity index (χ4n) is 4.58. The summed E-state index contributed by atoms with van der Waals surface area (Å²) in [5, 5.41) is 0. The van der Waals surface area contributed by atoms with Gasteiger partial charge in [-0.05, 0) is 60.6 Å². The molecular formula is C27H44. The molecule has 0 heterocycles. The van der Waals surface area contributed by atoms with Gasteiger partial charge in [0.05, 0.1) is 0 Å². The summed E-state index contributed by atoms with van der Waals surface area (Å²) < 4.78 is 0. The molecule has 2 rings (SSSR count). The van der Waals surface area contributed by atoms with Crippen molar-refractivity contribution in [2.24, 2.45) is 11.8 Å². The van der Waals surface area contributed by atoms with Crippen molar-refractivity contribution >= 4 is 5.57 Å². The first kappa shape index (κ1) is 22.3. The van der Waals surface area contributed by atoms with E-state index in [1.165, 1.54) is 101 Å². The van der Waals surface area contributed by atoms with Crippen LogP contribution < -0.4 is 0 Å². The maximum atomic E-state index is 2.55. The Hall–Kier alpha value is -1.04. The number of hydrogen-bond acceptors (Lipinski definition) is 0. The van der Waals surface area contributed by atoms with Gasteiger partial charge in [-0.15, -0.1) is 0 Å². The molecule has 0 aromatic heterocycles. The third-order valence-electron chi connectivity index (χ3n) is 6.66. The zero-order valence-corrected chi connectivity index (χ0v) is 18.4. The van der Waals surface area contributed by atoms with Crippen molar-refractivity contribution in [3.63, 3.8) is 0 Å². The van der Waals surface area contributed by atoms with Crippen LogP contribution in [0.5, 0.6) is 0 Å². The van der Waals surface area contributed by atoms with Crippen LogP contribution in [0.2, 0.25) is 0 Å².